The quantitative estimate of drug-likeness (QED) is 0.802. The van der Waals surface area contributed by atoms with E-state index in [1.807, 2.05) is 26.8 Å². The molecule has 0 aromatic heterocycles. The van der Waals surface area contributed by atoms with E-state index in [1.165, 1.54) is 0 Å². The first kappa shape index (κ1) is 17.0. The van der Waals surface area contributed by atoms with Gasteiger partial charge in [0.15, 0.2) is 0 Å². The summed E-state index contributed by atoms with van der Waals surface area (Å²) < 4.78 is 31.3. The third kappa shape index (κ3) is 5.13. The molecule has 5 heteroatoms. The Morgan fingerprint density at radius 2 is 1.90 bits per heavy atom. The Balaban J connectivity index is 2.60. The molecule has 0 unspecified atom stereocenters. The van der Waals surface area contributed by atoms with Gasteiger partial charge in [-0.3, -0.25) is 0 Å². The molecule has 114 valence electrons. The Morgan fingerprint density at radius 3 is 2.50 bits per heavy atom. The molecule has 0 spiro atoms. The number of nitrogens with one attached hydrogen (secondary N) is 1. The van der Waals surface area contributed by atoms with Crippen molar-refractivity contribution in [2.45, 2.75) is 40.0 Å². The largest absolute Gasteiger partial charge is 0.496 e. The molecule has 0 aliphatic rings. The first-order valence-corrected chi connectivity index (χ1v) is 8.66. The lowest BCUT2D eigenvalue weighted by atomic mass is 10.0. The van der Waals surface area contributed by atoms with Crippen LogP contribution in [0.1, 0.15) is 36.5 Å². The van der Waals surface area contributed by atoms with Gasteiger partial charge in [0.1, 0.15) is 5.75 Å². The van der Waals surface area contributed by atoms with E-state index < -0.39 is 10.0 Å². The molecule has 1 aromatic rings. The van der Waals surface area contributed by atoms with Gasteiger partial charge in [-0.25, -0.2) is 13.1 Å². The summed E-state index contributed by atoms with van der Waals surface area (Å²) in [7, 11) is -1.47. The second kappa shape index (κ2) is 7.64. The smallest absolute Gasteiger partial charge is 0.211 e. The average molecular weight is 299 g/mol. The highest BCUT2D eigenvalue weighted by atomic mass is 32.2. The summed E-state index contributed by atoms with van der Waals surface area (Å²) in [5.74, 6) is 1.08. The minimum absolute atomic E-state index is 0.212. The summed E-state index contributed by atoms with van der Waals surface area (Å²) in [6, 6.07) is 4.06. The van der Waals surface area contributed by atoms with Gasteiger partial charge in [0.2, 0.25) is 10.0 Å². The lowest BCUT2D eigenvalue weighted by Gasteiger charge is -2.12. The van der Waals surface area contributed by atoms with Gasteiger partial charge in [0.05, 0.1) is 12.9 Å². The number of hydrogen-bond donors (Lipinski definition) is 1. The number of unbranched alkanes of at least 4 members (excludes halogenated alkanes) is 1. The van der Waals surface area contributed by atoms with Gasteiger partial charge in [-0.05, 0) is 49.4 Å². The van der Waals surface area contributed by atoms with Crippen molar-refractivity contribution in [3.8, 4) is 5.75 Å². The fourth-order valence-corrected chi connectivity index (χ4v) is 3.31. The molecule has 0 saturated heterocycles. The molecule has 0 heterocycles. The van der Waals surface area contributed by atoms with Gasteiger partial charge in [-0.15, -0.1) is 0 Å². The van der Waals surface area contributed by atoms with Crippen LogP contribution in [0.5, 0.6) is 5.75 Å². The Bertz CT molecular complexity index is 538. The van der Waals surface area contributed by atoms with Gasteiger partial charge in [-0.2, -0.15) is 0 Å². The molecular formula is C15H25NO3S. The SMILES string of the molecule is CCCCS(=O)(=O)NCCc1cc(C)c(OC)cc1C. The van der Waals surface area contributed by atoms with Crippen LogP contribution < -0.4 is 9.46 Å². The van der Waals surface area contributed by atoms with E-state index in [-0.39, 0.29) is 5.75 Å². The van der Waals surface area contributed by atoms with E-state index in [2.05, 4.69) is 10.8 Å². The number of benzene rings is 1. The number of ether oxygens (including phenoxy) is 1. The number of rotatable bonds is 8. The number of methoxy groups -OCH3 is 1. The Hall–Kier alpha value is -1.07. The van der Waals surface area contributed by atoms with Crippen LogP contribution in [0, 0.1) is 13.8 Å². The number of hydrogen-bond acceptors (Lipinski definition) is 3. The first-order chi connectivity index (χ1) is 9.39. The zero-order chi connectivity index (χ0) is 15.2. The molecule has 0 atom stereocenters. The van der Waals surface area contributed by atoms with E-state index in [0.29, 0.717) is 19.4 Å². The van der Waals surface area contributed by atoms with Gasteiger partial charge in [0.25, 0.3) is 0 Å². The topological polar surface area (TPSA) is 55.4 Å². The van der Waals surface area contributed by atoms with Crippen molar-refractivity contribution in [1.82, 2.24) is 4.72 Å². The normalized spacial score (nSPS) is 11.6. The zero-order valence-corrected chi connectivity index (χ0v) is 13.6. The van der Waals surface area contributed by atoms with Crippen LogP contribution in [0.4, 0.5) is 0 Å². The molecular weight excluding hydrogens is 274 g/mol. The van der Waals surface area contributed by atoms with Crippen LogP contribution >= 0.6 is 0 Å². The van der Waals surface area contributed by atoms with Crippen molar-refractivity contribution in [2.75, 3.05) is 19.4 Å². The van der Waals surface area contributed by atoms with E-state index in [9.17, 15) is 8.42 Å². The molecule has 20 heavy (non-hydrogen) atoms. The second-order valence-corrected chi connectivity index (χ2v) is 6.99. The van der Waals surface area contributed by atoms with Gasteiger partial charge in [-0.1, -0.05) is 19.4 Å². The lowest BCUT2D eigenvalue weighted by molar-refractivity contribution is 0.411. The summed E-state index contributed by atoms with van der Waals surface area (Å²) in [6.45, 7) is 6.44. The third-order valence-corrected chi connectivity index (χ3v) is 4.81. The molecule has 1 N–H and O–H groups in total. The standard InChI is InChI=1S/C15H25NO3S/c1-5-6-9-20(17,18)16-8-7-14-10-13(3)15(19-4)11-12(14)2/h10-11,16H,5-9H2,1-4H3. The fourth-order valence-electron chi connectivity index (χ4n) is 2.09. The summed E-state index contributed by atoms with van der Waals surface area (Å²) in [6.07, 6.45) is 2.29. The summed E-state index contributed by atoms with van der Waals surface area (Å²) in [5.41, 5.74) is 3.35. The third-order valence-electron chi connectivity index (χ3n) is 3.34. The van der Waals surface area contributed by atoms with Crippen molar-refractivity contribution in [3.05, 3.63) is 28.8 Å². The minimum Gasteiger partial charge on any atom is -0.496 e. The van der Waals surface area contributed by atoms with Gasteiger partial charge < -0.3 is 4.74 Å². The van der Waals surface area contributed by atoms with E-state index in [4.69, 9.17) is 4.74 Å². The lowest BCUT2D eigenvalue weighted by Crippen LogP contribution is -2.28. The Kier molecular flexibility index (Phi) is 6.49. The number of aryl methyl sites for hydroxylation is 2. The molecule has 0 saturated carbocycles. The molecule has 1 aromatic carbocycles. The monoisotopic (exact) mass is 299 g/mol. The molecule has 0 amide bonds. The Morgan fingerprint density at radius 1 is 1.20 bits per heavy atom. The predicted octanol–water partition coefficient (Wildman–Crippen LogP) is 2.57. The molecule has 0 aliphatic carbocycles. The van der Waals surface area contributed by atoms with E-state index in [0.717, 1.165) is 28.9 Å². The summed E-state index contributed by atoms with van der Waals surface area (Å²) in [4.78, 5) is 0. The molecule has 0 fully saturated rings. The molecule has 0 aliphatic heterocycles. The summed E-state index contributed by atoms with van der Waals surface area (Å²) >= 11 is 0. The second-order valence-electron chi connectivity index (χ2n) is 5.07. The van der Waals surface area contributed by atoms with Crippen LogP contribution in [0.2, 0.25) is 0 Å². The fraction of sp³-hybridized carbons (Fsp3) is 0.600. The van der Waals surface area contributed by atoms with Crippen molar-refractivity contribution in [2.24, 2.45) is 0 Å². The minimum atomic E-state index is -3.12. The van der Waals surface area contributed by atoms with Crippen molar-refractivity contribution < 1.29 is 13.2 Å². The summed E-state index contributed by atoms with van der Waals surface area (Å²) in [5, 5.41) is 0. The maximum absolute atomic E-state index is 11.7. The van der Waals surface area contributed by atoms with E-state index in [1.54, 1.807) is 7.11 Å². The highest BCUT2D eigenvalue weighted by Gasteiger charge is 2.10. The van der Waals surface area contributed by atoms with Crippen LogP contribution in [-0.2, 0) is 16.4 Å². The van der Waals surface area contributed by atoms with E-state index >= 15 is 0 Å². The predicted molar refractivity (Wildman–Crippen MR) is 82.9 cm³/mol. The van der Waals surface area contributed by atoms with Crippen LogP contribution in [0.3, 0.4) is 0 Å². The highest BCUT2D eigenvalue weighted by molar-refractivity contribution is 7.89. The van der Waals surface area contributed by atoms with Crippen LogP contribution in [0.25, 0.3) is 0 Å². The molecule has 0 radical (unpaired) electrons. The first-order valence-electron chi connectivity index (χ1n) is 7.01. The maximum Gasteiger partial charge on any atom is 0.211 e. The zero-order valence-electron chi connectivity index (χ0n) is 12.8. The van der Waals surface area contributed by atoms with Crippen LogP contribution in [0.15, 0.2) is 12.1 Å². The van der Waals surface area contributed by atoms with Gasteiger partial charge in [0, 0.05) is 6.54 Å². The highest BCUT2D eigenvalue weighted by Crippen LogP contribution is 2.22. The van der Waals surface area contributed by atoms with Crippen LogP contribution in [-0.4, -0.2) is 27.8 Å². The molecule has 1 rings (SSSR count). The van der Waals surface area contributed by atoms with Crippen molar-refractivity contribution in [3.63, 3.8) is 0 Å². The van der Waals surface area contributed by atoms with Gasteiger partial charge >= 0.3 is 0 Å². The van der Waals surface area contributed by atoms with Crippen molar-refractivity contribution >= 4 is 10.0 Å². The van der Waals surface area contributed by atoms with Crippen molar-refractivity contribution in [1.29, 1.82) is 0 Å². The molecule has 0 bridgehead atoms. The molecule has 4 nitrogen and oxygen atoms in total. The average Bonchev–Trinajstić information content (AvgIpc) is 2.40. The Labute approximate surface area is 122 Å². The number of sulfonamides is 1. The maximum atomic E-state index is 11.7.